The number of aromatic nitrogens is 1. The molecular weight excluding hydrogens is 186 g/mol. The third-order valence-corrected chi connectivity index (χ3v) is 2.50. The normalized spacial score (nSPS) is 10.5. The van der Waals surface area contributed by atoms with Crippen molar-refractivity contribution in [1.82, 2.24) is 4.98 Å². The Kier molecular flexibility index (Phi) is 2.86. The molecule has 2 nitrogen and oxygen atoms in total. The topological polar surface area (TPSA) is 22.1 Å². The van der Waals surface area contributed by atoms with Crippen molar-refractivity contribution < 1.29 is 4.74 Å². The Hall–Kier alpha value is -1.57. The van der Waals surface area contributed by atoms with E-state index in [9.17, 15) is 0 Å². The molecule has 0 atom stereocenters. The second-order valence-corrected chi connectivity index (χ2v) is 3.40. The summed E-state index contributed by atoms with van der Waals surface area (Å²) < 4.78 is 5.57. The van der Waals surface area contributed by atoms with Gasteiger partial charge in [0.15, 0.2) is 0 Å². The molecule has 0 amide bonds. The molecule has 0 spiro atoms. The van der Waals surface area contributed by atoms with Gasteiger partial charge in [0.1, 0.15) is 5.75 Å². The lowest BCUT2D eigenvalue weighted by molar-refractivity contribution is 0.336. The van der Waals surface area contributed by atoms with Crippen molar-refractivity contribution in [3.8, 4) is 5.75 Å². The highest BCUT2D eigenvalue weighted by atomic mass is 16.5. The minimum Gasteiger partial charge on any atom is -0.492 e. The van der Waals surface area contributed by atoms with Crippen molar-refractivity contribution in [2.24, 2.45) is 0 Å². The average molecular weight is 201 g/mol. The van der Waals surface area contributed by atoms with Crippen LogP contribution in [-0.4, -0.2) is 11.6 Å². The van der Waals surface area contributed by atoms with Gasteiger partial charge >= 0.3 is 0 Å². The number of hydrogen-bond donors (Lipinski definition) is 0. The number of ether oxygens (including phenoxy) is 1. The summed E-state index contributed by atoms with van der Waals surface area (Å²) in [5.74, 6) is 0.915. The van der Waals surface area contributed by atoms with Gasteiger partial charge in [-0.25, -0.2) is 0 Å². The first kappa shape index (κ1) is 9.97. The SMILES string of the molecule is CCOc1cnc2ccccc2c1CC. The third kappa shape index (κ3) is 1.80. The van der Waals surface area contributed by atoms with E-state index in [1.165, 1.54) is 10.9 Å². The third-order valence-electron chi connectivity index (χ3n) is 2.50. The van der Waals surface area contributed by atoms with Gasteiger partial charge in [-0.3, -0.25) is 4.98 Å². The largest absolute Gasteiger partial charge is 0.492 e. The monoisotopic (exact) mass is 201 g/mol. The van der Waals surface area contributed by atoms with Crippen LogP contribution in [0.1, 0.15) is 19.4 Å². The van der Waals surface area contributed by atoms with Gasteiger partial charge in [-0.05, 0) is 19.4 Å². The number of hydrogen-bond acceptors (Lipinski definition) is 2. The maximum atomic E-state index is 5.57. The van der Waals surface area contributed by atoms with Crippen molar-refractivity contribution in [3.63, 3.8) is 0 Å². The van der Waals surface area contributed by atoms with Crippen LogP contribution in [0.4, 0.5) is 0 Å². The Balaban J connectivity index is 2.64. The predicted octanol–water partition coefficient (Wildman–Crippen LogP) is 3.20. The summed E-state index contributed by atoms with van der Waals surface area (Å²) in [4.78, 5) is 4.38. The van der Waals surface area contributed by atoms with Gasteiger partial charge in [-0.15, -0.1) is 0 Å². The number of nitrogens with zero attached hydrogens (tertiary/aromatic N) is 1. The highest BCUT2D eigenvalue weighted by molar-refractivity contribution is 5.83. The molecule has 1 aromatic heterocycles. The van der Waals surface area contributed by atoms with E-state index >= 15 is 0 Å². The van der Waals surface area contributed by atoms with Crippen LogP contribution in [0.2, 0.25) is 0 Å². The predicted molar refractivity (Wildman–Crippen MR) is 62.3 cm³/mol. The Morgan fingerprint density at radius 2 is 2.00 bits per heavy atom. The molecule has 0 aliphatic heterocycles. The van der Waals surface area contributed by atoms with Gasteiger partial charge in [0.2, 0.25) is 0 Å². The second kappa shape index (κ2) is 4.30. The molecule has 2 heteroatoms. The van der Waals surface area contributed by atoms with Crippen LogP contribution in [0.3, 0.4) is 0 Å². The summed E-state index contributed by atoms with van der Waals surface area (Å²) in [5, 5.41) is 1.20. The van der Waals surface area contributed by atoms with E-state index in [1.54, 1.807) is 0 Å². The zero-order valence-electron chi connectivity index (χ0n) is 9.16. The average Bonchev–Trinajstić information content (AvgIpc) is 2.29. The molecule has 1 aromatic carbocycles. The molecule has 0 radical (unpaired) electrons. The van der Waals surface area contributed by atoms with Gasteiger partial charge in [0.05, 0.1) is 18.3 Å². The molecule has 78 valence electrons. The summed E-state index contributed by atoms with van der Waals surface area (Å²) in [7, 11) is 0. The van der Waals surface area contributed by atoms with Crippen molar-refractivity contribution >= 4 is 10.9 Å². The summed E-state index contributed by atoms with van der Waals surface area (Å²) in [6.07, 6.45) is 2.79. The molecule has 0 N–H and O–H groups in total. The molecule has 0 fully saturated rings. The van der Waals surface area contributed by atoms with Crippen LogP contribution in [0, 0.1) is 0 Å². The van der Waals surface area contributed by atoms with Crippen LogP contribution in [0.25, 0.3) is 10.9 Å². The van der Waals surface area contributed by atoms with Gasteiger partial charge in [-0.1, -0.05) is 25.1 Å². The van der Waals surface area contributed by atoms with Crippen molar-refractivity contribution in [3.05, 3.63) is 36.0 Å². The Bertz CT molecular complexity index is 465. The lowest BCUT2D eigenvalue weighted by atomic mass is 10.1. The summed E-state index contributed by atoms with van der Waals surface area (Å²) in [6, 6.07) is 8.18. The molecule has 1 heterocycles. The van der Waals surface area contributed by atoms with E-state index in [1.807, 2.05) is 31.3 Å². The zero-order valence-corrected chi connectivity index (χ0v) is 9.16. The number of fused-ring (bicyclic) bond motifs is 1. The highest BCUT2D eigenvalue weighted by Crippen LogP contribution is 2.26. The fraction of sp³-hybridized carbons (Fsp3) is 0.308. The summed E-state index contributed by atoms with van der Waals surface area (Å²) >= 11 is 0. The van der Waals surface area contributed by atoms with Crippen LogP contribution < -0.4 is 4.74 Å². The zero-order chi connectivity index (χ0) is 10.7. The molecule has 0 aliphatic rings. The fourth-order valence-corrected chi connectivity index (χ4v) is 1.82. The van der Waals surface area contributed by atoms with Gasteiger partial charge in [-0.2, -0.15) is 0 Å². The molecule has 0 unspecified atom stereocenters. The number of benzene rings is 1. The molecule has 0 saturated carbocycles. The molecule has 0 aliphatic carbocycles. The van der Waals surface area contributed by atoms with E-state index in [4.69, 9.17) is 4.74 Å². The first-order valence-corrected chi connectivity index (χ1v) is 5.36. The van der Waals surface area contributed by atoms with E-state index < -0.39 is 0 Å². The van der Waals surface area contributed by atoms with Gasteiger partial charge < -0.3 is 4.74 Å². The highest BCUT2D eigenvalue weighted by Gasteiger charge is 2.06. The maximum Gasteiger partial charge on any atom is 0.141 e. The standard InChI is InChI=1S/C13H15NO/c1-3-10-11-7-5-6-8-12(11)14-9-13(10)15-4-2/h5-9H,3-4H2,1-2H3. The first-order valence-electron chi connectivity index (χ1n) is 5.36. The van der Waals surface area contributed by atoms with Crippen LogP contribution in [-0.2, 0) is 6.42 Å². The quantitative estimate of drug-likeness (QED) is 0.760. The number of rotatable bonds is 3. The van der Waals surface area contributed by atoms with E-state index in [0.717, 1.165) is 17.7 Å². The molecule has 2 aromatic rings. The minimum absolute atomic E-state index is 0.688. The number of para-hydroxylation sites is 1. The summed E-state index contributed by atoms with van der Waals surface area (Å²) in [5.41, 5.74) is 2.29. The van der Waals surface area contributed by atoms with Gasteiger partial charge in [0.25, 0.3) is 0 Å². The maximum absolute atomic E-state index is 5.57. The Labute approximate surface area is 89.9 Å². The van der Waals surface area contributed by atoms with Crippen molar-refractivity contribution in [2.75, 3.05) is 6.61 Å². The molecule has 2 rings (SSSR count). The molecule has 15 heavy (non-hydrogen) atoms. The minimum atomic E-state index is 0.688. The Morgan fingerprint density at radius 1 is 1.20 bits per heavy atom. The molecule has 0 saturated heterocycles. The van der Waals surface area contributed by atoms with Gasteiger partial charge in [0, 0.05) is 10.9 Å². The van der Waals surface area contributed by atoms with Crippen molar-refractivity contribution in [1.29, 1.82) is 0 Å². The van der Waals surface area contributed by atoms with E-state index in [0.29, 0.717) is 6.61 Å². The lowest BCUT2D eigenvalue weighted by Crippen LogP contribution is -1.98. The molecular formula is C13H15NO. The smallest absolute Gasteiger partial charge is 0.141 e. The summed E-state index contributed by atoms with van der Waals surface area (Å²) in [6.45, 7) is 4.83. The van der Waals surface area contributed by atoms with E-state index in [2.05, 4.69) is 18.0 Å². The van der Waals surface area contributed by atoms with Crippen molar-refractivity contribution in [2.45, 2.75) is 20.3 Å². The van der Waals surface area contributed by atoms with Crippen LogP contribution >= 0.6 is 0 Å². The Morgan fingerprint density at radius 3 is 2.73 bits per heavy atom. The number of aryl methyl sites for hydroxylation is 1. The fourth-order valence-electron chi connectivity index (χ4n) is 1.82. The van der Waals surface area contributed by atoms with Crippen LogP contribution in [0.15, 0.2) is 30.5 Å². The second-order valence-electron chi connectivity index (χ2n) is 3.40. The van der Waals surface area contributed by atoms with Crippen LogP contribution in [0.5, 0.6) is 5.75 Å². The van der Waals surface area contributed by atoms with E-state index in [-0.39, 0.29) is 0 Å². The number of pyridine rings is 1. The molecule has 0 bridgehead atoms. The first-order chi connectivity index (χ1) is 7.36. The lowest BCUT2D eigenvalue weighted by Gasteiger charge is -2.10.